The first-order chi connectivity index (χ1) is 16.1. The molecule has 0 amide bonds. The maximum Gasteiger partial charge on any atom is 0.343 e. The number of esters is 1. The molecule has 33 heavy (non-hydrogen) atoms. The third kappa shape index (κ3) is 7.40. The number of ether oxygens (including phenoxy) is 3. The number of rotatable bonds is 9. The van der Waals surface area contributed by atoms with E-state index in [2.05, 4.69) is 10.2 Å². The van der Waals surface area contributed by atoms with Crippen molar-refractivity contribution in [2.45, 2.75) is 12.7 Å². The van der Waals surface area contributed by atoms with Gasteiger partial charge in [-0.05, 0) is 60.5 Å². The Balaban J connectivity index is 1.65. The number of nitrogens with zero attached hydrogens (tertiary/aromatic N) is 2. The SMILES string of the molecule is CCOc1cc(C=NN=C(N)SCc2ccccc2)ccc1OC(=O)c1ccc(OC)cc1. The number of hydrogen-bond acceptors (Lipinski definition) is 7. The molecule has 2 N–H and O–H groups in total. The second-order valence-corrected chi connectivity index (χ2v) is 7.71. The number of methoxy groups -OCH3 is 1. The Morgan fingerprint density at radius 3 is 2.48 bits per heavy atom. The maximum absolute atomic E-state index is 12.5. The van der Waals surface area contributed by atoms with E-state index in [-0.39, 0.29) is 0 Å². The summed E-state index contributed by atoms with van der Waals surface area (Å²) in [6.45, 7) is 2.26. The predicted octanol–water partition coefficient (Wildman–Crippen LogP) is 4.90. The molecule has 0 heterocycles. The van der Waals surface area contributed by atoms with E-state index in [0.29, 0.717) is 40.3 Å². The number of benzene rings is 3. The van der Waals surface area contributed by atoms with E-state index in [4.69, 9.17) is 19.9 Å². The summed E-state index contributed by atoms with van der Waals surface area (Å²) >= 11 is 1.41. The molecule has 170 valence electrons. The number of nitrogens with two attached hydrogens (primary N) is 1. The lowest BCUT2D eigenvalue weighted by atomic mass is 10.2. The van der Waals surface area contributed by atoms with Gasteiger partial charge in [-0.15, -0.1) is 5.10 Å². The van der Waals surface area contributed by atoms with E-state index in [1.165, 1.54) is 11.8 Å². The van der Waals surface area contributed by atoms with Gasteiger partial charge in [0.15, 0.2) is 16.7 Å². The van der Waals surface area contributed by atoms with Crippen LogP contribution in [0, 0.1) is 0 Å². The zero-order valence-electron chi connectivity index (χ0n) is 18.4. The van der Waals surface area contributed by atoms with E-state index < -0.39 is 5.97 Å². The largest absolute Gasteiger partial charge is 0.497 e. The predicted molar refractivity (Wildman–Crippen MR) is 133 cm³/mol. The van der Waals surface area contributed by atoms with Crippen molar-refractivity contribution in [1.82, 2.24) is 0 Å². The van der Waals surface area contributed by atoms with Crippen molar-refractivity contribution >= 4 is 29.1 Å². The van der Waals surface area contributed by atoms with Gasteiger partial charge in [0, 0.05) is 5.75 Å². The fraction of sp³-hybridized carbons (Fsp3) is 0.160. The zero-order chi connectivity index (χ0) is 23.5. The summed E-state index contributed by atoms with van der Waals surface area (Å²) in [7, 11) is 1.57. The van der Waals surface area contributed by atoms with Crippen LogP contribution in [0.3, 0.4) is 0 Å². The molecule has 0 atom stereocenters. The highest BCUT2D eigenvalue weighted by atomic mass is 32.2. The van der Waals surface area contributed by atoms with Gasteiger partial charge < -0.3 is 19.9 Å². The van der Waals surface area contributed by atoms with Crippen molar-refractivity contribution in [2.75, 3.05) is 13.7 Å². The summed E-state index contributed by atoms with van der Waals surface area (Å²) < 4.78 is 16.3. The van der Waals surface area contributed by atoms with Crippen LogP contribution in [0.25, 0.3) is 0 Å². The summed E-state index contributed by atoms with van der Waals surface area (Å²) in [5, 5.41) is 8.44. The quantitative estimate of drug-likeness (QED) is 0.160. The average Bonchev–Trinajstić information content (AvgIpc) is 2.85. The molecule has 0 unspecified atom stereocenters. The molecule has 3 aromatic carbocycles. The molecule has 0 saturated heterocycles. The zero-order valence-corrected chi connectivity index (χ0v) is 19.2. The van der Waals surface area contributed by atoms with Crippen molar-refractivity contribution < 1.29 is 19.0 Å². The fourth-order valence-corrected chi connectivity index (χ4v) is 3.37. The van der Waals surface area contributed by atoms with Crippen molar-refractivity contribution in [3.8, 4) is 17.2 Å². The van der Waals surface area contributed by atoms with Gasteiger partial charge in [-0.2, -0.15) is 5.10 Å². The molecule has 3 aromatic rings. The second kappa shape index (κ2) is 12.3. The van der Waals surface area contributed by atoms with E-state index in [1.807, 2.05) is 37.3 Å². The third-order valence-electron chi connectivity index (χ3n) is 4.39. The Bertz CT molecular complexity index is 1120. The van der Waals surface area contributed by atoms with E-state index >= 15 is 0 Å². The molecule has 3 rings (SSSR count). The van der Waals surface area contributed by atoms with Crippen LogP contribution >= 0.6 is 11.8 Å². The van der Waals surface area contributed by atoms with Crippen LogP contribution < -0.4 is 19.9 Å². The first-order valence-electron chi connectivity index (χ1n) is 10.3. The Morgan fingerprint density at radius 1 is 1.03 bits per heavy atom. The molecule has 0 aliphatic heterocycles. The number of thioether (sulfide) groups is 1. The Hall–Kier alpha value is -3.78. The second-order valence-electron chi connectivity index (χ2n) is 6.71. The van der Waals surface area contributed by atoms with Crippen LogP contribution in [-0.2, 0) is 5.75 Å². The molecule has 0 saturated carbocycles. The molecule has 0 fully saturated rings. The number of carbonyl (C=O) groups excluding carboxylic acids is 1. The summed E-state index contributed by atoms with van der Waals surface area (Å²) in [5.74, 6) is 1.63. The van der Waals surface area contributed by atoms with Crippen LogP contribution in [0.1, 0.15) is 28.4 Å². The normalized spacial score (nSPS) is 11.4. The lowest BCUT2D eigenvalue weighted by Crippen LogP contribution is -2.10. The van der Waals surface area contributed by atoms with Crippen LogP contribution in [0.2, 0.25) is 0 Å². The fourth-order valence-electron chi connectivity index (χ4n) is 2.76. The minimum atomic E-state index is -0.493. The molecule has 0 aromatic heterocycles. The van der Waals surface area contributed by atoms with Crippen LogP contribution in [0.5, 0.6) is 17.2 Å². The van der Waals surface area contributed by atoms with Gasteiger partial charge in [0.05, 0.1) is 25.5 Å². The molecule has 7 nitrogen and oxygen atoms in total. The summed E-state index contributed by atoms with van der Waals surface area (Å²) in [5.41, 5.74) is 8.22. The average molecular weight is 464 g/mol. The molecule has 0 bridgehead atoms. The smallest absolute Gasteiger partial charge is 0.343 e. The van der Waals surface area contributed by atoms with Crippen molar-refractivity contribution in [3.05, 3.63) is 89.5 Å². The molecule has 0 aliphatic carbocycles. The number of hydrogen-bond donors (Lipinski definition) is 1. The van der Waals surface area contributed by atoms with Crippen LogP contribution in [-0.4, -0.2) is 31.1 Å². The van der Waals surface area contributed by atoms with Crippen LogP contribution in [0.4, 0.5) is 0 Å². The Labute approximate surface area is 197 Å². The first kappa shape index (κ1) is 23.9. The lowest BCUT2D eigenvalue weighted by Gasteiger charge is -2.11. The molecule has 0 aliphatic rings. The lowest BCUT2D eigenvalue weighted by molar-refractivity contribution is 0.0728. The van der Waals surface area contributed by atoms with Gasteiger partial charge in [0.25, 0.3) is 0 Å². The Kier molecular flexibility index (Phi) is 8.90. The van der Waals surface area contributed by atoms with Gasteiger partial charge in [0.2, 0.25) is 0 Å². The third-order valence-corrected chi connectivity index (χ3v) is 5.24. The summed E-state index contributed by atoms with van der Waals surface area (Å²) in [4.78, 5) is 12.5. The monoisotopic (exact) mass is 463 g/mol. The highest BCUT2D eigenvalue weighted by Crippen LogP contribution is 2.29. The highest BCUT2D eigenvalue weighted by Gasteiger charge is 2.13. The van der Waals surface area contributed by atoms with Crippen LogP contribution in [0.15, 0.2) is 83.0 Å². The van der Waals surface area contributed by atoms with Crippen molar-refractivity contribution in [3.63, 3.8) is 0 Å². The number of amidine groups is 1. The van der Waals surface area contributed by atoms with Crippen molar-refractivity contribution in [1.29, 1.82) is 0 Å². The number of carbonyl (C=O) groups is 1. The van der Waals surface area contributed by atoms with Gasteiger partial charge in [-0.3, -0.25) is 0 Å². The molecular formula is C25H25N3O4S. The van der Waals surface area contributed by atoms with E-state index in [1.54, 1.807) is 55.8 Å². The van der Waals surface area contributed by atoms with Gasteiger partial charge in [0.1, 0.15) is 5.75 Å². The maximum atomic E-state index is 12.5. The van der Waals surface area contributed by atoms with E-state index in [0.717, 1.165) is 11.1 Å². The van der Waals surface area contributed by atoms with Gasteiger partial charge in [-0.25, -0.2) is 4.79 Å². The summed E-state index contributed by atoms with van der Waals surface area (Å²) in [6.07, 6.45) is 1.56. The van der Waals surface area contributed by atoms with Gasteiger partial charge >= 0.3 is 5.97 Å². The summed E-state index contributed by atoms with van der Waals surface area (Å²) in [6, 6.07) is 21.8. The minimum Gasteiger partial charge on any atom is -0.497 e. The minimum absolute atomic E-state index is 0.316. The molecule has 0 radical (unpaired) electrons. The first-order valence-corrected chi connectivity index (χ1v) is 11.2. The molecule has 0 spiro atoms. The van der Waals surface area contributed by atoms with Gasteiger partial charge in [-0.1, -0.05) is 42.1 Å². The molecule has 8 heteroatoms. The Morgan fingerprint density at radius 2 is 1.79 bits per heavy atom. The van der Waals surface area contributed by atoms with Crippen molar-refractivity contribution in [2.24, 2.45) is 15.9 Å². The standard InChI is InChI=1S/C25H25N3O4S/c1-3-31-23-15-19(16-27-28-25(26)33-17-18-7-5-4-6-8-18)9-14-22(23)32-24(29)20-10-12-21(30-2)13-11-20/h4-16H,3,17H2,1-2H3,(H2,26,28). The highest BCUT2D eigenvalue weighted by molar-refractivity contribution is 8.13. The molecular weight excluding hydrogens is 438 g/mol. The topological polar surface area (TPSA) is 95.5 Å². The van der Waals surface area contributed by atoms with E-state index in [9.17, 15) is 4.79 Å².